The first-order valence-electron chi connectivity index (χ1n) is 8.35. The van der Waals surface area contributed by atoms with E-state index in [1.54, 1.807) is 30.3 Å². The third-order valence-corrected chi connectivity index (χ3v) is 4.79. The van der Waals surface area contributed by atoms with Crippen molar-refractivity contribution >= 4 is 23.1 Å². The first-order valence-corrected chi connectivity index (χ1v) is 9.23. The van der Waals surface area contributed by atoms with Crippen LogP contribution >= 0.6 is 11.3 Å². The predicted octanol–water partition coefficient (Wildman–Crippen LogP) is 4.62. The summed E-state index contributed by atoms with van der Waals surface area (Å²) in [5.74, 6) is 0.558. The zero-order chi connectivity index (χ0) is 19.5. The Bertz CT molecular complexity index is 1110. The third-order valence-electron chi connectivity index (χ3n) is 3.92. The van der Waals surface area contributed by atoms with Crippen molar-refractivity contribution in [3.8, 4) is 22.0 Å². The first kappa shape index (κ1) is 17.9. The summed E-state index contributed by atoms with van der Waals surface area (Å²) < 4.78 is 15.8. The van der Waals surface area contributed by atoms with Gasteiger partial charge in [-0.3, -0.25) is 4.79 Å². The standard InChI is InChI=1S/C20H14N2O5S/c1-12(23)13-4-6-14(7-5-13)15-8-9-16(26-15)20(24)25-11-18-21-19(22-27-18)17-3-2-10-28-17/h2-10H,11H2,1H3. The Morgan fingerprint density at radius 2 is 1.93 bits per heavy atom. The van der Waals surface area contributed by atoms with Gasteiger partial charge >= 0.3 is 5.97 Å². The summed E-state index contributed by atoms with van der Waals surface area (Å²) in [5.41, 5.74) is 1.36. The number of ketones is 1. The maximum absolute atomic E-state index is 12.2. The number of rotatable bonds is 6. The number of esters is 1. The van der Waals surface area contributed by atoms with Crippen LogP contribution in [0.25, 0.3) is 22.0 Å². The minimum atomic E-state index is -0.637. The Balaban J connectivity index is 1.40. The van der Waals surface area contributed by atoms with Crippen LogP contribution in [0.1, 0.15) is 33.7 Å². The molecule has 0 radical (unpaired) electrons. The Morgan fingerprint density at radius 1 is 1.11 bits per heavy atom. The van der Waals surface area contributed by atoms with Crippen LogP contribution in [0, 0.1) is 0 Å². The van der Waals surface area contributed by atoms with Gasteiger partial charge in [0.05, 0.1) is 4.88 Å². The molecule has 1 aromatic carbocycles. The number of ether oxygens (including phenoxy) is 1. The highest BCUT2D eigenvalue weighted by molar-refractivity contribution is 7.13. The Labute approximate surface area is 163 Å². The molecule has 0 aliphatic heterocycles. The number of aromatic nitrogens is 2. The molecule has 28 heavy (non-hydrogen) atoms. The van der Waals surface area contributed by atoms with Crippen molar-refractivity contribution in [2.75, 3.05) is 0 Å². The average molecular weight is 394 g/mol. The zero-order valence-corrected chi connectivity index (χ0v) is 15.6. The largest absolute Gasteiger partial charge is 0.450 e. The van der Waals surface area contributed by atoms with Crippen molar-refractivity contribution in [1.82, 2.24) is 10.1 Å². The predicted molar refractivity (Wildman–Crippen MR) is 101 cm³/mol. The number of furan rings is 1. The van der Waals surface area contributed by atoms with Crippen LogP contribution in [-0.2, 0) is 11.3 Å². The van der Waals surface area contributed by atoms with E-state index < -0.39 is 5.97 Å². The molecular weight excluding hydrogens is 380 g/mol. The average Bonchev–Trinajstić information content (AvgIpc) is 3.47. The Morgan fingerprint density at radius 3 is 2.64 bits per heavy atom. The van der Waals surface area contributed by atoms with Crippen LogP contribution in [0.5, 0.6) is 0 Å². The van der Waals surface area contributed by atoms with E-state index in [9.17, 15) is 9.59 Å². The fourth-order valence-electron chi connectivity index (χ4n) is 2.49. The van der Waals surface area contributed by atoms with Crippen LogP contribution in [0.15, 0.2) is 62.9 Å². The summed E-state index contributed by atoms with van der Waals surface area (Å²) in [4.78, 5) is 28.6. The Kier molecular flexibility index (Phi) is 4.86. The summed E-state index contributed by atoms with van der Waals surface area (Å²) >= 11 is 1.49. The lowest BCUT2D eigenvalue weighted by Crippen LogP contribution is -2.04. The molecule has 3 aromatic heterocycles. The van der Waals surface area contributed by atoms with E-state index in [0.717, 1.165) is 10.4 Å². The number of carbonyl (C=O) groups excluding carboxylic acids is 2. The molecule has 3 heterocycles. The van der Waals surface area contributed by atoms with E-state index in [0.29, 0.717) is 17.1 Å². The van der Waals surface area contributed by atoms with Gasteiger partial charge in [0.2, 0.25) is 11.6 Å². The summed E-state index contributed by atoms with van der Waals surface area (Å²) in [6.45, 7) is 1.35. The lowest BCUT2D eigenvalue weighted by Gasteiger charge is -2.00. The molecule has 0 atom stereocenters. The van der Waals surface area contributed by atoms with Crippen LogP contribution in [0.3, 0.4) is 0 Å². The van der Waals surface area contributed by atoms with Gasteiger partial charge in [0.15, 0.2) is 12.4 Å². The maximum Gasteiger partial charge on any atom is 0.374 e. The number of hydrogen-bond acceptors (Lipinski definition) is 8. The van der Waals surface area contributed by atoms with E-state index in [4.69, 9.17) is 13.7 Å². The number of thiophene rings is 1. The van der Waals surface area contributed by atoms with Crippen LogP contribution < -0.4 is 0 Å². The van der Waals surface area contributed by atoms with E-state index in [-0.39, 0.29) is 24.0 Å². The minimum absolute atomic E-state index is 0.0153. The lowest BCUT2D eigenvalue weighted by atomic mass is 10.1. The molecule has 140 valence electrons. The highest BCUT2D eigenvalue weighted by Gasteiger charge is 2.16. The summed E-state index contributed by atoms with van der Waals surface area (Å²) in [7, 11) is 0. The Hall–Kier alpha value is -3.52. The molecule has 0 N–H and O–H groups in total. The molecule has 0 bridgehead atoms. The molecule has 4 aromatic rings. The maximum atomic E-state index is 12.2. The number of nitrogens with zero attached hydrogens (tertiary/aromatic N) is 2. The second-order valence-corrected chi connectivity index (χ2v) is 6.81. The molecule has 0 spiro atoms. The second kappa shape index (κ2) is 7.61. The normalized spacial score (nSPS) is 10.8. The van der Waals surface area contributed by atoms with Gasteiger partial charge in [-0.15, -0.1) is 11.3 Å². The molecule has 0 amide bonds. The minimum Gasteiger partial charge on any atom is -0.450 e. The van der Waals surface area contributed by atoms with Gasteiger partial charge < -0.3 is 13.7 Å². The van der Waals surface area contributed by atoms with Gasteiger partial charge in [-0.05, 0) is 30.5 Å². The molecule has 0 aliphatic carbocycles. The van der Waals surface area contributed by atoms with Crippen molar-refractivity contribution in [3.05, 3.63) is 71.1 Å². The fourth-order valence-corrected chi connectivity index (χ4v) is 3.14. The van der Waals surface area contributed by atoms with Gasteiger partial charge in [-0.1, -0.05) is 35.5 Å². The second-order valence-electron chi connectivity index (χ2n) is 5.86. The van der Waals surface area contributed by atoms with E-state index >= 15 is 0 Å². The monoisotopic (exact) mass is 394 g/mol. The van der Waals surface area contributed by atoms with Gasteiger partial charge in [-0.2, -0.15) is 4.98 Å². The molecule has 8 heteroatoms. The van der Waals surface area contributed by atoms with Gasteiger partial charge in [0.25, 0.3) is 5.89 Å². The quantitative estimate of drug-likeness (QED) is 0.348. The number of benzene rings is 1. The first-order chi connectivity index (χ1) is 13.6. The molecule has 0 fully saturated rings. The number of carbonyl (C=O) groups is 2. The SMILES string of the molecule is CC(=O)c1ccc(-c2ccc(C(=O)OCc3nc(-c4cccs4)no3)o2)cc1. The number of Topliss-reactive ketones (excluding diaryl/α,β-unsaturated/α-hetero) is 1. The van der Waals surface area contributed by atoms with Gasteiger partial charge in [0.1, 0.15) is 5.76 Å². The summed E-state index contributed by atoms with van der Waals surface area (Å²) in [6.07, 6.45) is 0. The van der Waals surface area contributed by atoms with Crippen molar-refractivity contribution in [3.63, 3.8) is 0 Å². The summed E-state index contributed by atoms with van der Waals surface area (Å²) in [5, 5.41) is 5.77. The van der Waals surface area contributed by atoms with E-state index in [2.05, 4.69) is 10.1 Å². The smallest absolute Gasteiger partial charge is 0.374 e. The van der Waals surface area contributed by atoms with Crippen molar-refractivity contribution in [2.45, 2.75) is 13.5 Å². The zero-order valence-electron chi connectivity index (χ0n) is 14.7. The van der Waals surface area contributed by atoms with Gasteiger partial charge in [-0.25, -0.2) is 4.79 Å². The number of hydrogen-bond donors (Lipinski definition) is 0. The highest BCUT2D eigenvalue weighted by atomic mass is 32.1. The summed E-state index contributed by atoms with van der Waals surface area (Å²) in [6, 6.07) is 13.9. The molecule has 0 saturated carbocycles. The van der Waals surface area contributed by atoms with Crippen molar-refractivity contribution in [2.24, 2.45) is 0 Å². The molecule has 0 saturated heterocycles. The third kappa shape index (κ3) is 3.77. The molecule has 0 aliphatic rings. The molecular formula is C20H14N2O5S. The van der Waals surface area contributed by atoms with Crippen molar-refractivity contribution in [1.29, 1.82) is 0 Å². The molecule has 7 nitrogen and oxygen atoms in total. The molecule has 0 unspecified atom stereocenters. The molecule has 4 rings (SSSR count). The van der Waals surface area contributed by atoms with Crippen LogP contribution in [0.2, 0.25) is 0 Å². The fraction of sp³-hybridized carbons (Fsp3) is 0.100. The highest BCUT2D eigenvalue weighted by Crippen LogP contribution is 2.24. The van der Waals surface area contributed by atoms with E-state index in [1.165, 1.54) is 24.3 Å². The van der Waals surface area contributed by atoms with Crippen molar-refractivity contribution < 1.29 is 23.3 Å². The van der Waals surface area contributed by atoms with Crippen LogP contribution in [0.4, 0.5) is 0 Å². The van der Waals surface area contributed by atoms with Crippen LogP contribution in [-0.4, -0.2) is 21.9 Å². The topological polar surface area (TPSA) is 95.4 Å². The van der Waals surface area contributed by atoms with E-state index in [1.807, 2.05) is 17.5 Å². The van der Waals surface area contributed by atoms with Gasteiger partial charge in [0, 0.05) is 11.1 Å². The lowest BCUT2D eigenvalue weighted by molar-refractivity contribution is 0.0394.